The van der Waals surface area contributed by atoms with Gasteiger partial charge in [0.15, 0.2) is 5.78 Å². The summed E-state index contributed by atoms with van der Waals surface area (Å²) >= 11 is 0. The van der Waals surface area contributed by atoms with Crippen LogP contribution in [0.1, 0.15) is 27.9 Å². The lowest BCUT2D eigenvalue weighted by molar-refractivity contribution is 0.0938. The van der Waals surface area contributed by atoms with Gasteiger partial charge in [0, 0.05) is 17.9 Å². The molecule has 1 aliphatic carbocycles. The zero-order valence-corrected chi connectivity index (χ0v) is 8.08. The molecule has 1 aromatic rings. The summed E-state index contributed by atoms with van der Waals surface area (Å²) in [5.41, 5.74) is 3.03. The number of nitrogens with zero attached hydrogens (tertiary/aromatic N) is 1. The first-order valence-electron chi connectivity index (χ1n) is 4.73. The summed E-state index contributed by atoms with van der Waals surface area (Å²) in [6.07, 6.45) is 1.08. The SMILES string of the molecule is Cc1ccc2c(c1)C(=O)C(CC#N)C2. The molecule has 2 heteroatoms. The van der Waals surface area contributed by atoms with Crippen LogP contribution >= 0.6 is 0 Å². The van der Waals surface area contributed by atoms with Gasteiger partial charge in [0.1, 0.15) is 0 Å². The first kappa shape index (κ1) is 8.96. The standard InChI is InChI=1S/C12H11NO/c1-8-2-3-9-7-10(4-5-13)12(14)11(9)6-8/h2-3,6,10H,4,7H2,1H3. The topological polar surface area (TPSA) is 40.9 Å². The maximum atomic E-state index is 11.8. The molecule has 1 aromatic carbocycles. The van der Waals surface area contributed by atoms with Crippen molar-refractivity contribution in [2.45, 2.75) is 19.8 Å². The molecule has 0 radical (unpaired) electrons. The highest BCUT2D eigenvalue weighted by atomic mass is 16.1. The van der Waals surface area contributed by atoms with Gasteiger partial charge in [-0.05, 0) is 25.0 Å². The molecule has 0 saturated heterocycles. The third-order valence-corrected chi connectivity index (χ3v) is 2.71. The van der Waals surface area contributed by atoms with E-state index < -0.39 is 0 Å². The second kappa shape index (κ2) is 3.26. The van der Waals surface area contributed by atoms with E-state index in [1.54, 1.807) is 0 Å². The molecular formula is C12H11NO. The molecule has 2 nitrogen and oxygen atoms in total. The van der Waals surface area contributed by atoms with Crippen molar-refractivity contribution in [1.29, 1.82) is 5.26 Å². The average molecular weight is 185 g/mol. The third-order valence-electron chi connectivity index (χ3n) is 2.71. The van der Waals surface area contributed by atoms with Crippen molar-refractivity contribution < 1.29 is 4.79 Å². The number of carbonyl (C=O) groups excluding carboxylic acids is 1. The van der Waals surface area contributed by atoms with E-state index in [0.717, 1.165) is 23.1 Å². The molecule has 0 aromatic heterocycles. The van der Waals surface area contributed by atoms with E-state index in [9.17, 15) is 4.79 Å². The lowest BCUT2D eigenvalue weighted by Crippen LogP contribution is -2.07. The van der Waals surface area contributed by atoms with Gasteiger partial charge in [-0.2, -0.15) is 5.26 Å². The second-order valence-electron chi connectivity index (χ2n) is 3.79. The van der Waals surface area contributed by atoms with E-state index in [0.29, 0.717) is 6.42 Å². The Labute approximate surface area is 83.2 Å². The Kier molecular flexibility index (Phi) is 2.09. The van der Waals surface area contributed by atoms with Gasteiger partial charge in [0.2, 0.25) is 0 Å². The van der Waals surface area contributed by atoms with Gasteiger partial charge in [0.25, 0.3) is 0 Å². The zero-order valence-electron chi connectivity index (χ0n) is 8.08. The summed E-state index contributed by atoms with van der Waals surface area (Å²) in [6.45, 7) is 1.98. The minimum Gasteiger partial charge on any atom is -0.294 e. The predicted octanol–water partition coefficient (Wildman–Crippen LogP) is 2.26. The van der Waals surface area contributed by atoms with Crippen molar-refractivity contribution in [3.8, 4) is 6.07 Å². The van der Waals surface area contributed by atoms with Crippen LogP contribution < -0.4 is 0 Å². The molecule has 0 spiro atoms. The summed E-state index contributed by atoms with van der Waals surface area (Å²) in [7, 11) is 0. The number of benzene rings is 1. The molecule has 0 aliphatic heterocycles. The number of Topliss-reactive ketones (excluding diaryl/α,β-unsaturated/α-hetero) is 1. The number of rotatable bonds is 1. The number of aryl methyl sites for hydroxylation is 1. The van der Waals surface area contributed by atoms with Crippen LogP contribution in [0.25, 0.3) is 0 Å². The lowest BCUT2D eigenvalue weighted by atomic mass is 10.0. The molecule has 1 unspecified atom stereocenters. The summed E-state index contributed by atoms with van der Waals surface area (Å²) in [5.74, 6) is 0.0436. The Morgan fingerprint density at radius 1 is 1.57 bits per heavy atom. The molecule has 0 heterocycles. The Bertz CT molecular complexity index is 428. The first-order valence-corrected chi connectivity index (χ1v) is 4.73. The highest BCUT2D eigenvalue weighted by Crippen LogP contribution is 2.29. The molecule has 1 atom stereocenters. The molecule has 2 rings (SSSR count). The lowest BCUT2D eigenvalue weighted by Gasteiger charge is -1.98. The van der Waals surface area contributed by atoms with Crippen LogP contribution in [0.5, 0.6) is 0 Å². The molecule has 1 aliphatic rings. The van der Waals surface area contributed by atoms with E-state index >= 15 is 0 Å². The number of hydrogen-bond donors (Lipinski definition) is 0. The summed E-state index contributed by atoms with van der Waals surface area (Å²) in [5, 5.41) is 8.58. The van der Waals surface area contributed by atoms with Crippen molar-refractivity contribution in [3.63, 3.8) is 0 Å². The van der Waals surface area contributed by atoms with Gasteiger partial charge in [-0.1, -0.05) is 17.7 Å². The second-order valence-corrected chi connectivity index (χ2v) is 3.79. The highest BCUT2D eigenvalue weighted by Gasteiger charge is 2.29. The molecule has 0 amide bonds. The molecule has 0 fully saturated rings. The van der Waals surface area contributed by atoms with Gasteiger partial charge in [-0.15, -0.1) is 0 Å². The maximum Gasteiger partial charge on any atom is 0.167 e. The number of hydrogen-bond acceptors (Lipinski definition) is 2. The van der Waals surface area contributed by atoms with Gasteiger partial charge in [0.05, 0.1) is 6.07 Å². The fraction of sp³-hybridized carbons (Fsp3) is 0.333. The number of carbonyl (C=O) groups is 1. The number of fused-ring (bicyclic) bond motifs is 1. The van der Waals surface area contributed by atoms with Crippen molar-refractivity contribution in [2.24, 2.45) is 5.92 Å². The zero-order chi connectivity index (χ0) is 10.1. The largest absolute Gasteiger partial charge is 0.294 e. The Hall–Kier alpha value is -1.62. The fourth-order valence-corrected chi connectivity index (χ4v) is 1.95. The molecule has 0 N–H and O–H groups in total. The van der Waals surface area contributed by atoms with Crippen molar-refractivity contribution in [2.75, 3.05) is 0 Å². The molecule has 14 heavy (non-hydrogen) atoms. The minimum absolute atomic E-state index is 0.100. The monoisotopic (exact) mass is 185 g/mol. The Balaban J connectivity index is 2.37. The van der Waals surface area contributed by atoms with Crippen LogP contribution in [0.2, 0.25) is 0 Å². The van der Waals surface area contributed by atoms with Gasteiger partial charge in [-0.3, -0.25) is 4.79 Å². The Morgan fingerprint density at radius 3 is 3.07 bits per heavy atom. The van der Waals surface area contributed by atoms with E-state index in [2.05, 4.69) is 6.07 Å². The molecule has 0 saturated carbocycles. The van der Waals surface area contributed by atoms with Gasteiger partial charge >= 0.3 is 0 Å². The molecule has 0 bridgehead atoms. The number of nitriles is 1. The first-order chi connectivity index (χ1) is 6.72. The predicted molar refractivity (Wildman–Crippen MR) is 52.9 cm³/mol. The van der Waals surface area contributed by atoms with Gasteiger partial charge < -0.3 is 0 Å². The van der Waals surface area contributed by atoms with E-state index in [4.69, 9.17) is 5.26 Å². The fourth-order valence-electron chi connectivity index (χ4n) is 1.95. The van der Waals surface area contributed by atoms with Crippen LogP contribution in [-0.4, -0.2) is 5.78 Å². The molecule has 70 valence electrons. The smallest absolute Gasteiger partial charge is 0.167 e. The molecular weight excluding hydrogens is 174 g/mol. The van der Waals surface area contributed by atoms with Crippen LogP contribution in [0.4, 0.5) is 0 Å². The van der Waals surface area contributed by atoms with Crippen LogP contribution in [0.15, 0.2) is 18.2 Å². The van der Waals surface area contributed by atoms with Crippen molar-refractivity contribution in [3.05, 3.63) is 34.9 Å². The van der Waals surface area contributed by atoms with E-state index in [-0.39, 0.29) is 11.7 Å². The van der Waals surface area contributed by atoms with Crippen LogP contribution in [0, 0.1) is 24.2 Å². The van der Waals surface area contributed by atoms with Gasteiger partial charge in [-0.25, -0.2) is 0 Å². The normalized spacial score (nSPS) is 19.1. The van der Waals surface area contributed by atoms with Crippen LogP contribution in [-0.2, 0) is 6.42 Å². The summed E-state index contributed by atoms with van der Waals surface area (Å²) in [4.78, 5) is 11.8. The maximum absolute atomic E-state index is 11.8. The minimum atomic E-state index is -0.100. The van der Waals surface area contributed by atoms with E-state index in [1.807, 2.05) is 25.1 Å². The summed E-state index contributed by atoms with van der Waals surface area (Å²) in [6, 6.07) is 8.01. The van der Waals surface area contributed by atoms with Crippen LogP contribution in [0.3, 0.4) is 0 Å². The summed E-state index contributed by atoms with van der Waals surface area (Å²) < 4.78 is 0. The quantitative estimate of drug-likeness (QED) is 0.673. The van der Waals surface area contributed by atoms with Crippen molar-refractivity contribution >= 4 is 5.78 Å². The van der Waals surface area contributed by atoms with Crippen molar-refractivity contribution in [1.82, 2.24) is 0 Å². The number of ketones is 1. The highest BCUT2D eigenvalue weighted by molar-refractivity contribution is 6.02. The average Bonchev–Trinajstić information content (AvgIpc) is 2.46. The Morgan fingerprint density at radius 2 is 2.36 bits per heavy atom. The van der Waals surface area contributed by atoms with E-state index in [1.165, 1.54) is 0 Å². The third kappa shape index (κ3) is 1.31.